The van der Waals surface area contributed by atoms with Gasteiger partial charge in [0, 0.05) is 19.6 Å². The number of carbonyl (C=O) groups is 1. The molecule has 1 atom stereocenters. The number of methoxy groups -OCH3 is 1. The second kappa shape index (κ2) is 11.2. The van der Waals surface area contributed by atoms with Gasteiger partial charge in [0.2, 0.25) is 0 Å². The average Bonchev–Trinajstić information content (AvgIpc) is 3.10. The van der Waals surface area contributed by atoms with Crippen LogP contribution in [0.25, 0.3) is 0 Å². The van der Waals surface area contributed by atoms with E-state index in [-0.39, 0.29) is 30.8 Å². The molecule has 1 aromatic heterocycles. The zero-order valence-electron chi connectivity index (χ0n) is 15.6. The molecule has 1 aliphatic rings. The zero-order chi connectivity index (χ0) is 17.6. The maximum absolute atomic E-state index is 11.7. The number of hydrogen-bond acceptors (Lipinski definition) is 6. The first-order valence-electron chi connectivity index (χ1n) is 8.63. The topological polar surface area (TPSA) is 72.3 Å². The van der Waals surface area contributed by atoms with Crippen molar-refractivity contribution in [2.45, 2.75) is 32.0 Å². The maximum Gasteiger partial charge on any atom is 0.337 e. The number of nitrogens with zero attached hydrogens (tertiary/aromatic N) is 4. The van der Waals surface area contributed by atoms with Crippen LogP contribution in [0.1, 0.15) is 40.5 Å². The van der Waals surface area contributed by atoms with E-state index >= 15 is 0 Å². The van der Waals surface area contributed by atoms with E-state index in [0.717, 1.165) is 43.9 Å². The third-order valence-electron chi connectivity index (χ3n) is 4.50. The molecule has 7 nitrogen and oxygen atoms in total. The minimum atomic E-state index is -0.309. The monoisotopic (exact) mass is 415 g/mol. The minimum absolute atomic E-state index is 0. The average molecular weight is 416 g/mol. The Hall–Kier alpha value is -1.67. The molecule has 150 valence electrons. The summed E-state index contributed by atoms with van der Waals surface area (Å²) in [6.07, 6.45) is 4.14. The van der Waals surface area contributed by atoms with Crippen LogP contribution in [-0.4, -0.2) is 53.1 Å². The van der Waals surface area contributed by atoms with Gasteiger partial charge in [-0.25, -0.2) is 9.48 Å². The van der Waals surface area contributed by atoms with Gasteiger partial charge in [0.15, 0.2) is 0 Å². The van der Waals surface area contributed by atoms with Gasteiger partial charge in [0.05, 0.1) is 30.6 Å². The summed E-state index contributed by atoms with van der Waals surface area (Å²) in [7, 11) is 3.46. The molecule has 0 bridgehead atoms. The zero-order valence-corrected chi connectivity index (χ0v) is 17.3. The molecular weight excluding hydrogens is 389 g/mol. The Morgan fingerprint density at radius 1 is 1.37 bits per heavy atom. The number of halogens is 2. The largest absolute Gasteiger partial charge is 0.465 e. The number of esters is 1. The number of rotatable bonds is 6. The molecule has 0 spiro atoms. The van der Waals surface area contributed by atoms with E-state index in [1.807, 2.05) is 29.1 Å². The van der Waals surface area contributed by atoms with E-state index in [2.05, 4.69) is 27.6 Å². The Bertz CT molecular complexity index is 719. The lowest BCUT2D eigenvalue weighted by Gasteiger charge is -2.25. The Morgan fingerprint density at radius 3 is 2.89 bits per heavy atom. The lowest BCUT2D eigenvalue weighted by atomic mass is 10.1. The molecular formula is C18H27Cl2N5O2. The minimum Gasteiger partial charge on any atom is -0.465 e. The van der Waals surface area contributed by atoms with Crippen LogP contribution in [0.15, 0.2) is 30.5 Å². The SMILES string of the molecule is COC(=O)c1cccc(CN(C)Cc2cnnn2C2CCCNC2)c1.Cl.Cl. The van der Waals surface area contributed by atoms with Crippen molar-refractivity contribution >= 4 is 30.8 Å². The van der Waals surface area contributed by atoms with Crippen LogP contribution in [-0.2, 0) is 17.8 Å². The van der Waals surface area contributed by atoms with E-state index in [1.165, 1.54) is 13.5 Å². The molecule has 2 aromatic rings. The van der Waals surface area contributed by atoms with Crippen molar-refractivity contribution in [3.63, 3.8) is 0 Å². The van der Waals surface area contributed by atoms with Crippen molar-refractivity contribution in [2.24, 2.45) is 0 Å². The predicted molar refractivity (Wildman–Crippen MR) is 109 cm³/mol. The van der Waals surface area contributed by atoms with Gasteiger partial charge in [-0.15, -0.1) is 29.9 Å². The van der Waals surface area contributed by atoms with Gasteiger partial charge < -0.3 is 10.1 Å². The summed E-state index contributed by atoms with van der Waals surface area (Å²) in [6.45, 7) is 3.52. The smallest absolute Gasteiger partial charge is 0.337 e. The van der Waals surface area contributed by atoms with Crippen molar-refractivity contribution in [2.75, 3.05) is 27.2 Å². The molecule has 1 N–H and O–H groups in total. The van der Waals surface area contributed by atoms with Crippen LogP contribution in [0, 0.1) is 0 Å². The first kappa shape index (κ1) is 23.4. The summed E-state index contributed by atoms with van der Waals surface area (Å²) in [5, 5.41) is 11.8. The molecule has 0 saturated carbocycles. The second-order valence-corrected chi connectivity index (χ2v) is 6.53. The molecule has 1 aromatic carbocycles. The summed E-state index contributed by atoms with van der Waals surface area (Å²) in [4.78, 5) is 13.9. The highest BCUT2D eigenvalue weighted by molar-refractivity contribution is 5.89. The predicted octanol–water partition coefficient (Wildman–Crippen LogP) is 2.46. The number of ether oxygens (including phenoxy) is 1. The third kappa shape index (κ3) is 6.17. The standard InChI is InChI=1S/C18H25N5O2.2ClH/c1-22(12-14-5-3-6-15(9-14)18(24)25-2)13-17-11-20-21-23(17)16-7-4-8-19-10-16;;/h3,5-6,9,11,16,19H,4,7-8,10,12-13H2,1-2H3;2*1H. The van der Waals surface area contributed by atoms with Crippen LogP contribution in [0.2, 0.25) is 0 Å². The molecule has 1 fully saturated rings. The first-order chi connectivity index (χ1) is 12.2. The van der Waals surface area contributed by atoms with Crippen LogP contribution in [0.4, 0.5) is 0 Å². The van der Waals surface area contributed by atoms with Gasteiger partial charge in [-0.2, -0.15) is 0 Å². The molecule has 1 unspecified atom stereocenters. The Balaban J connectivity index is 0.00000182. The van der Waals surface area contributed by atoms with Crippen molar-refractivity contribution in [1.82, 2.24) is 25.2 Å². The van der Waals surface area contributed by atoms with Crippen molar-refractivity contribution < 1.29 is 9.53 Å². The van der Waals surface area contributed by atoms with E-state index in [4.69, 9.17) is 4.74 Å². The van der Waals surface area contributed by atoms with Crippen molar-refractivity contribution in [3.8, 4) is 0 Å². The highest BCUT2D eigenvalue weighted by Crippen LogP contribution is 2.18. The first-order valence-corrected chi connectivity index (χ1v) is 8.63. The highest BCUT2D eigenvalue weighted by atomic mass is 35.5. The summed E-state index contributed by atoms with van der Waals surface area (Å²) < 4.78 is 6.84. The van der Waals surface area contributed by atoms with Gasteiger partial charge in [-0.05, 0) is 44.1 Å². The van der Waals surface area contributed by atoms with E-state index in [0.29, 0.717) is 11.6 Å². The summed E-state index contributed by atoms with van der Waals surface area (Å²) in [5.41, 5.74) is 2.76. The molecule has 1 aliphatic heterocycles. The number of benzene rings is 1. The van der Waals surface area contributed by atoms with Gasteiger partial charge in [-0.1, -0.05) is 17.3 Å². The molecule has 9 heteroatoms. The summed E-state index contributed by atoms with van der Waals surface area (Å²) >= 11 is 0. The van der Waals surface area contributed by atoms with Crippen LogP contribution in [0.5, 0.6) is 0 Å². The van der Waals surface area contributed by atoms with Crippen molar-refractivity contribution in [1.29, 1.82) is 0 Å². The molecule has 0 radical (unpaired) electrons. The van der Waals surface area contributed by atoms with E-state index in [9.17, 15) is 4.79 Å². The summed E-state index contributed by atoms with van der Waals surface area (Å²) in [5.74, 6) is -0.309. The number of aromatic nitrogens is 3. The lowest BCUT2D eigenvalue weighted by Crippen LogP contribution is -2.33. The van der Waals surface area contributed by atoms with Crippen molar-refractivity contribution in [3.05, 3.63) is 47.3 Å². The number of hydrogen-bond donors (Lipinski definition) is 1. The quantitative estimate of drug-likeness (QED) is 0.730. The van der Waals surface area contributed by atoms with Gasteiger partial charge in [-0.3, -0.25) is 4.90 Å². The number of carbonyl (C=O) groups excluding carboxylic acids is 1. The van der Waals surface area contributed by atoms with E-state index in [1.54, 1.807) is 6.07 Å². The molecule has 1 saturated heterocycles. The van der Waals surface area contributed by atoms with Gasteiger partial charge >= 0.3 is 5.97 Å². The van der Waals surface area contributed by atoms with Gasteiger partial charge in [0.1, 0.15) is 0 Å². The molecule has 0 aliphatic carbocycles. The molecule has 3 rings (SSSR count). The second-order valence-electron chi connectivity index (χ2n) is 6.53. The normalized spacial score (nSPS) is 16.3. The Morgan fingerprint density at radius 2 is 2.19 bits per heavy atom. The number of nitrogens with one attached hydrogen (secondary N) is 1. The van der Waals surface area contributed by atoms with Crippen LogP contribution >= 0.6 is 24.8 Å². The highest BCUT2D eigenvalue weighted by Gasteiger charge is 2.19. The fourth-order valence-corrected chi connectivity index (χ4v) is 3.29. The van der Waals surface area contributed by atoms with Gasteiger partial charge in [0.25, 0.3) is 0 Å². The molecule has 0 amide bonds. The fraction of sp³-hybridized carbons (Fsp3) is 0.500. The third-order valence-corrected chi connectivity index (χ3v) is 4.50. The Labute approximate surface area is 172 Å². The number of piperidine rings is 1. The fourth-order valence-electron chi connectivity index (χ4n) is 3.29. The summed E-state index contributed by atoms with van der Waals surface area (Å²) in [6, 6.07) is 7.92. The molecule has 2 heterocycles. The lowest BCUT2D eigenvalue weighted by molar-refractivity contribution is 0.0600. The molecule has 27 heavy (non-hydrogen) atoms. The van der Waals surface area contributed by atoms with Crippen LogP contribution in [0.3, 0.4) is 0 Å². The maximum atomic E-state index is 11.7. The Kier molecular flexibility index (Phi) is 9.73. The van der Waals surface area contributed by atoms with Crippen LogP contribution < -0.4 is 5.32 Å². The van der Waals surface area contributed by atoms with E-state index < -0.39 is 0 Å².